The molecule has 218 valence electrons. The van der Waals surface area contributed by atoms with E-state index in [1.807, 2.05) is 6.07 Å². The molecule has 0 saturated heterocycles. The third-order valence-electron chi connectivity index (χ3n) is 7.44. The number of fused-ring (bicyclic) bond motifs is 1. The summed E-state index contributed by atoms with van der Waals surface area (Å²) in [6.45, 7) is 2.03. The van der Waals surface area contributed by atoms with Gasteiger partial charge in [0, 0.05) is 32.1 Å². The smallest absolute Gasteiger partial charge is 0.393 e. The summed E-state index contributed by atoms with van der Waals surface area (Å²) in [7, 11) is -0.413. The number of aliphatic hydroxyl groups is 1. The van der Waals surface area contributed by atoms with Crippen LogP contribution in [0, 0.1) is 0 Å². The molecule has 13 heteroatoms. The number of benzene rings is 2. The first-order chi connectivity index (χ1) is 19.5. The van der Waals surface area contributed by atoms with E-state index in [4.69, 9.17) is 4.52 Å². The van der Waals surface area contributed by atoms with Crippen LogP contribution in [-0.4, -0.2) is 45.7 Å². The molecule has 41 heavy (non-hydrogen) atoms. The monoisotopic (exact) mass is 589 g/mol. The zero-order valence-electron chi connectivity index (χ0n) is 22.6. The van der Waals surface area contributed by atoms with Gasteiger partial charge in [-0.1, -0.05) is 18.2 Å². The Balaban J connectivity index is 1.45. The molecule has 1 unspecified atom stereocenters. The highest BCUT2D eigenvalue weighted by atomic mass is 31.1. The minimum Gasteiger partial charge on any atom is -0.393 e. The molecule has 0 radical (unpaired) electrons. The largest absolute Gasteiger partial charge is 0.421 e. The molecule has 3 aromatic rings. The summed E-state index contributed by atoms with van der Waals surface area (Å²) >= 11 is 0. The maximum atomic E-state index is 14.0. The zero-order valence-corrected chi connectivity index (χ0v) is 23.6. The standard InChI is InChI=1S/C28H31F3N5O4P/c1-36-14-21-20(17-5-9-19(37)10-6-17)11-12-23(24(21)26(36)38)34-25-22(28(29,30)31)13-32-27(35-25)33-18-7-3-16(4-8-18)15-40-41(2)39/h3-4,7-8,11-13,17,19,37,41H,5-6,9-10,14-15H2,1-2H3,(H2,32,33,34,35). The van der Waals surface area contributed by atoms with E-state index in [1.165, 1.54) is 6.66 Å². The Hall–Kier alpha value is -3.47. The number of anilines is 4. The molecule has 1 fully saturated rings. The number of alkyl halides is 3. The molecule has 0 bridgehead atoms. The third-order valence-corrected chi connectivity index (χ3v) is 7.99. The van der Waals surface area contributed by atoms with E-state index in [1.54, 1.807) is 42.3 Å². The molecule has 2 aliphatic rings. The maximum Gasteiger partial charge on any atom is 0.421 e. The summed E-state index contributed by atoms with van der Waals surface area (Å²) in [5.74, 6) is -0.658. The Morgan fingerprint density at radius 1 is 1.10 bits per heavy atom. The van der Waals surface area contributed by atoms with Crippen molar-refractivity contribution in [3.63, 3.8) is 0 Å². The van der Waals surface area contributed by atoms with Gasteiger partial charge in [0.15, 0.2) is 8.03 Å². The predicted molar refractivity (Wildman–Crippen MR) is 149 cm³/mol. The predicted octanol–water partition coefficient (Wildman–Crippen LogP) is 6.21. The molecule has 2 aromatic carbocycles. The lowest BCUT2D eigenvalue weighted by Gasteiger charge is -2.27. The molecular formula is C28H31F3N5O4P. The molecule has 1 atom stereocenters. The number of nitrogens with one attached hydrogen (secondary N) is 2. The van der Waals surface area contributed by atoms with Crippen LogP contribution in [-0.2, 0) is 28.4 Å². The van der Waals surface area contributed by atoms with Crippen molar-refractivity contribution < 1.29 is 32.2 Å². The molecule has 1 aliphatic heterocycles. The van der Waals surface area contributed by atoms with Gasteiger partial charge >= 0.3 is 6.18 Å². The van der Waals surface area contributed by atoms with Crippen molar-refractivity contribution in [2.24, 2.45) is 0 Å². The van der Waals surface area contributed by atoms with Gasteiger partial charge in [-0.3, -0.25) is 9.36 Å². The van der Waals surface area contributed by atoms with E-state index in [-0.39, 0.29) is 36.2 Å². The molecule has 1 aliphatic carbocycles. The van der Waals surface area contributed by atoms with Crippen LogP contribution < -0.4 is 10.6 Å². The molecule has 1 amide bonds. The fraction of sp³-hybridized carbons (Fsp3) is 0.393. The van der Waals surface area contributed by atoms with E-state index in [0.29, 0.717) is 36.8 Å². The second-order valence-electron chi connectivity index (χ2n) is 10.4. The summed E-state index contributed by atoms with van der Waals surface area (Å²) in [4.78, 5) is 22.7. The second kappa shape index (κ2) is 11.8. The maximum absolute atomic E-state index is 14.0. The Labute approximate surface area is 236 Å². The van der Waals surface area contributed by atoms with Crippen LogP contribution in [0.25, 0.3) is 0 Å². The van der Waals surface area contributed by atoms with Gasteiger partial charge < -0.3 is 25.2 Å². The van der Waals surface area contributed by atoms with Crippen LogP contribution in [0.1, 0.15) is 64.2 Å². The van der Waals surface area contributed by atoms with Gasteiger partial charge in [0.05, 0.1) is 24.0 Å². The molecule has 1 saturated carbocycles. The van der Waals surface area contributed by atoms with Crippen LogP contribution in [0.5, 0.6) is 0 Å². The zero-order chi connectivity index (χ0) is 29.3. The number of halogens is 3. The average Bonchev–Trinajstić information content (AvgIpc) is 3.23. The van der Waals surface area contributed by atoms with E-state index < -0.39 is 25.6 Å². The Morgan fingerprint density at radius 3 is 2.46 bits per heavy atom. The lowest BCUT2D eigenvalue weighted by molar-refractivity contribution is -0.137. The highest BCUT2D eigenvalue weighted by Crippen LogP contribution is 2.42. The van der Waals surface area contributed by atoms with Gasteiger partial charge in [-0.15, -0.1) is 0 Å². The topological polar surface area (TPSA) is 117 Å². The fourth-order valence-corrected chi connectivity index (χ4v) is 5.69. The van der Waals surface area contributed by atoms with E-state index in [2.05, 4.69) is 20.6 Å². The highest BCUT2D eigenvalue weighted by molar-refractivity contribution is 7.38. The Morgan fingerprint density at radius 2 is 1.80 bits per heavy atom. The van der Waals surface area contributed by atoms with Crippen molar-refractivity contribution in [1.82, 2.24) is 14.9 Å². The first-order valence-electron chi connectivity index (χ1n) is 13.3. The van der Waals surface area contributed by atoms with Gasteiger partial charge in [-0.05, 0) is 66.5 Å². The molecule has 3 N–H and O–H groups in total. The number of nitrogens with zero attached hydrogens (tertiary/aromatic N) is 3. The minimum atomic E-state index is -4.74. The van der Waals surface area contributed by atoms with E-state index in [0.717, 1.165) is 29.5 Å². The number of carbonyl (C=O) groups excluding carboxylic acids is 1. The van der Waals surface area contributed by atoms with Crippen LogP contribution in [0.15, 0.2) is 42.6 Å². The number of carbonyl (C=O) groups is 1. The number of amides is 1. The lowest BCUT2D eigenvalue weighted by Crippen LogP contribution is -2.18. The van der Waals surface area contributed by atoms with Crippen LogP contribution in [0.3, 0.4) is 0 Å². The average molecular weight is 590 g/mol. The number of hydrogen-bond donors (Lipinski definition) is 3. The normalized spacial score (nSPS) is 19.7. The number of rotatable bonds is 8. The van der Waals surface area contributed by atoms with E-state index in [9.17, 15) is 27.6 Å². The summed E-state index contributed by atoms with van der Waals surface area (Å²) in [6, 6.07) is 10.3. The van der Waals surface area contributed by atoms with Crippen molar-refractivity contribution in [2.45, 2.75) is 57.0 Å². The minimum absolute atomic E-state index is 0.0689. The van der Waals surface area contributed by atoms with Crippen LogP contribution in [0.2, 0.25) is 0 Å². The van der Waals surface area contributed by atoms with Crippen molar-refractivity contribution in [1.29, 1.82) is 0 Å². The summed E-state index contributed by atoms with van der Waals surface area (Å²) in [5.41, 5.74) is 2.61. The second-order valence-corrected chi connectivity index (χ2v) is 11.7. The first kappa shape index (κ1) is 29.0. The SMILES string of the molecule is CN1Cc2c(C3CCC(O)CC3)ccc(Nc3nc(Nc4ccc(CO[PH](C)=O)cc4)ncc3C(F)(F)F)c2C1=O. The van der Waals surface area contributed by atoms with Crippen molar-refractivity contribution >= 4 is 37.1 Å². The van der Waals surface area contributed by atoms with Crippen molar-refractivity contribution in [3.05, 3.63) is 70.4 Å². The summed E-state index contributed by atoms with van der Waals surface area (Å²) in [5, 5.41) is 15.6. The van der Waals surface area contributed by atoms with Gasteiger partial charge in [0.25, 0.3) is 5.91 Å². The van der Waals surface area contributed by atoms with Crippen LogP contribution >= 0.6 is 8.03 Å². The number of aromatic nitrogens is 2. The van der Waals surface area contributed by atoms with Gasteiger partial charge in [0.1, 0.15) is 11.4 Å². The lowest BCUT2D eigenvalue weighted by atomic mass is 9.80. The fourth-order valence-electron chi connectivity index (χ4n) is 5.32. The van der Waals surface area contributed by atoms with Gasteiger partial charge in [-0.2, -0.15) is 18.2 Å². The highest BCUT2D eigenvalue weighted by Gasteiger charge is 2.37. The van der Waals surface area contributed by atoms with Crippen molar-refractivity contribution in [2.75, 3.05) is 24.3 Å². The van der Waals surface area contributed by atoms with Crippen molar-refractivity contribution in [3.8, 4) is 0 Å². The molecule has 5 rings (SSSR count). The third kappa shape index (κ3) is 6.55. The van der Waals surface area contributed by atoms with E-state index >= 15 is 0 Å². The molecule has 0 spiro atoms. The molecule has 9 nitrogen and oxygen atoms in total. The quantitative estimate of drug-likeness (QED) is 0.266. The Kier molecular flexibility index (Phi) is 8.35. The first-order valence-corrected chi connectivity index (χ1v) is 15.1. The van der Waals surface area contributed by atoms with Crippen LogP contribution in [0.4, 0.5) is 36.3 Å². The number of hydrogen-bond acceptors (Lipinski definition) is 8. The van der Waals surface area contributed by atoms with Gasteiger partial charge in [0.2, 0.25) is 5.95 Å². The summed E-state index contributed by atoms with van der Waals surface area (Å²) < 4.78 is 58.2. The molecular weight excluding hydrogens is 558 g/mol. The number of aliphatic hydroxyl groups excluding tert-OH is 1. The molecule has 2 heterocycles. The Bertz CT molecular complexity index is 1460. The summed E-state index contributed by atoms with van der Waals surface area (Å²) in [6.07, 6.45) is -1.45. The van der Waals surface area contributed by atoms with Gasteiger partial charge in [-0.25, -0.2) is 4.98 Å². The molecule has 1 aromatic heterocycles.